The lowest BCUT2D eigenvalue weighted by Gasteiger charge is -2.17. The number of amides is 1. The number of ether oxygens (including phenoxy) is 3. The monoisotopic (exact) mass is 357 g/mol. The van der Waals surface area contributed by atoms with Crippen LogP contribution >= 0.6 is 0 Å². The summed E-state index contributed by atoms with van der Waals surface area (Å²) in [7, 11) is 3.21. The molecule has 0 unspecified atom stereocenters. The van der Waals surface area contributed by atoms with E-state index in [1.165, 1.54) is 0 Å². The molecule has 0 aliphatic heterocycles. The van der Waals surface area contributed by atoms with Crippen molar-refractivity contribution in [2.24, 2.45) is 0 Å². The molecule has 2 rings (SSSR count). The Hall–Kier alpha value is -2.69. The summed E-state index contributed by atoms with van der Waals surface area (Å²) in [5, 5.41) is 2.92. The first-order valence-corrected chi connectivity index (χ1v) is 8.67. The Kier molecular flexibility index (Phi) is 6.89. The molecule has 0 aromatic heterocycles. The van der Waals surface area contributed by atoms with Crippen molar-refractivity contribution in [2.45, 2.75) is 33.3 Å². The normalized spacial score (nSPS) is 11.6. The van der Waals surface area contributed by atoms with Gasteiger partial charge in [0.1, 0.15) is 5.75 Å². The molecule has 2 aromatic rings. The summed E-state index contributed by atoms with van der Waals surface area (Å²) in [4.78, 5) is 12.3. The minimum Gasteiger partial charge on any atom is -0.493 e. The van der Waals surface area contributed by atoms with Gasteiger partial charge in [0.2, 0.25) is 0 Å². The number of benzene rings is 2. The first kappa shape index (κ1) is 19.6. The van der Waals surface area contributed by atoms with E-state index in [-0.39, 0.29) is 5.91 Å². The van der Waals surface area contributed by atoms with Crippen LogP contribution in [0.25, 0.3) is 0 Å². The molecule has 0 saturated carbocycles. The van der Waals surface area contributed by atoms with Crippen LogP contribution in [0.3, 0.4) is 0 Å². The van der Waals surface area contributed by atoms with Gasteiger partial charge in [0.25, 0.3) is 5.91 Å². The van der Waals surface area contributed by atoms with E-state index >= 15 is 0 Å². The van der Waals surface area contributed by atoms with E-state index in [1.54, 1.807) is 21.1 Å². The summed E-state index contributed by atoms with van der Waals surface area (Å²) >= 11 is 0. The van der Waals surface area contributed by atoms with Gasteiger partial charge < -0.3 is 19.5 Å². The Balaban J connectivity index is 1.87. The molecule has 26 heavy (non-hydrogen) atoms. The molecule has 1 amide bonds. The number of carbonyl (C=O) groups is 1. The second-order valence-corrected chi connectivity index (χ2v) is 6.26. The van der Waals surface area contributed by atoms with Crippen molar-refractivity contribution < 1.29 is 19.0 Å². The maximum absolute atomic E-state index is 12.3. The van der Waals surface area contributed by atoms with Crippen molar-refractivity contribution in [1.29, 1.82) is 0 Å². The zero-order valence-corrected chi connectivity index (χ0v) is 16.1. The lowest BCUT2D eigenvalue weighted by molar-refractivity contribution is -0.127. The molecule has 140 valence electrons. The molecule has 0 aliphatic carbocycles. The van der Waals surface area contributed by atoms with Gasteiger partial charge in [-0.2, -0.15) is 0 Å². The fourth-order valence-electron chi connectivity index (χ4n) is 2.59. The second-order valence-electron chi connectivity index (χ2n) is 6.26. The maximum Gasteiger partial charge on any atom is 0.260 e. The lowest BCUT2D eigenvalue weighted by Crippen LogP contribution is -2.37. The second kappa shape index (κ2) is 9.13. The van der Waals surface area contributed by atoms with Crippen LogP contribution in [0.15, 0.2) is 36.4 Å². The van der Waals surface area contributed by atoms with Gasteiger partial charge in [-0.15, -0.1) is 0 Å². The van der Waals surface area contributed by atoms with E-state index in [4.69, 9.17) is 14.2 Å². The Morgan fingerprint density at radius 1 is 1.00 bits per heavy atom. The largest absolute Gasteiger partial charge is 0.493 e. The summed E-state index contributed by atoms with van der Waals surface area (Å²) in [6, 6.07) is 11.7. The van der Waals surface area contributed by atoms with E-state index < -0.39 is 6.10 Å². The van der Waals surface area contributed by atoms with Crippen LogP contribution < -0.4 is 19.5 Å². The van der Waals surface area contributed by atoms with E-state index in [0.29, 0.717) is 24.5 Å². The fourth-order valence-corrected chi connectivity index (χ4v) is 2.59. The summed E-state index contributed by atoms with van der Waals surface area (Å²) in [6.45, 7) is 6.25. The molecule has 2 aromatic carbocycles. The molecule has 0 heterocycles. The predicted molar refractivity (Wildman–Crippen MR) is 102 cm³/mol. The van der Waals surface area contributed by atoms with Crippen molar-refractivity contribution in [3.8, 4) is 17.2 Å². The third-order valence-electron chi connectivity index (χ3n) is 4.18. The Morgan fingerprint density at radius 2 is 1.73 bits per heavy atom. The summed E-state index contributed by atoms with van der Waals surface area (Å²) in [5.74, 6) is 1.98. The number of methoxy groups -OCH3 is 2. The molecular weight excluding hydrogens is 330 g/mol. The highest BCUT2D eigenvalue weighted by atomic mass is 16.5. The van der Waals surface area contributed by atoms with Crippen molar-refractivity contribution >= 4 is 5.91 Å². The first-order chi connectivity index (χ1) is 12.4. The quantitative estimate of drug-likeness (QED) is 0.786. The molecule has 0 saturated heterocycles. The van der Waals surface area contributed by atoms with Gasteiger partial charge in [-0.05, 0) is 62.1 Å². The standard InChI is InChI=1S/C21H27NO4/c1-14-6-7-15(2)19(12-14)26-16(3)21(23)22-11-10-17-8-9-18(24-4)20(13-17)25-5/h6-9,12-13,16H,10-11H2,1-5H3,(H,22,23)/t16-/m1/s1. The number of carbonyl (C=O) groups excluding carboxylic acids is 1. The lowest BCUT2D eigenvalue weighted by atomic mass is 10.1. The Labute approximate surface area is 155 Å². The van der Waals surface area contributed by atoms with Gasteiger partial charge in [-0.1, -0.05) is 18.2 Å². The molecular formula is C21H27NO4. The van der Waals surface area contributed by atoms with E-state index in [0.717, 1.165) is 22.4 Å². The van der Waals surface area contributed by atoms with Crippen LogP contribution in [0, 0.1) is 13.8 Å². The molecule has 0 radical (unpaired) electrons. The number of hydrogen-bond acceptors (Lipinski definition) is 4. The zero-order chi connectivity index (χ0) is 19.1. The van der Waals surface area contributed by atoms with Crippen molar-refractivity contribution in [2.75, 3.05) is 20.8 Å². The van der Waals surface area contributed by atoms with E-state index in [1.807, 2.05) is 50.2 Å². The molecule has 0 spiro atoms. The highest BCUT2D eigenvalue weighted by molar-refractivity contribution is 5.80. The van der Waals surface area contributed by atoms with E-state index in [9.17, 15) is 4.79 Å². The topological polar surface area (TPSA) is 56.8 Å². The molecule has 5 nitrogen and oxygen atoms in total. The van der Waals surface area contributed by atoms with Crippen molar-refractivity contribution in [3.63, 3.8) is 0 Å². The summed E-state index contributed by atoms with van der Waals surface area (Å²) < 4.78 is 16.3. The van der Waals surface area contributed by atoms with Crippen LogP contribution in [0.5, 0.6) is 17.2 Å². The predicted octanol–water partition coefficient (Wildman–Crippen LogP) is 3.45. The van der Waals surface area contributed by atoms with Gasteiger partial charge in [0.15, 0.2) is 17.6 Å². The molecule has 5 heteroatoms. The van der Waals surface area contributed by atoms with Crippen LogP contribution in [0.2, 0.25) is 0 Å². The molecule has 0 fully saturated rings. The summed E-state index contributed by atoms with van der Waals surface area (Å²) in [5.41, 5.74) is 3.18. The van der Waals surface area contributed by atoms with Crippen molar-refractivity contribution in [3.05, 3.63) is 53.1 Å². The number of hydrogen-bond donors (Lipinski definition) is 1. The average Bonchev–Trinajstić information content (AvgIpc) is 2.64. The van der Waals surface area contributed by atoms with Gasteiger partial charge >= 0.3 is 0 Å². The van der Waals surface area contributed by atoms with Crippen LogP contribution in [-0.2, 0) is 11.2 Å². The highest BCUT2D eigenvalue weighted by Crippen LogP contribution is 2.27. The van der Waals surface area contributed by atoms with Gasteiger partial charge in [0, 0.05) is 6.54 Å². The average molecular weight is 357 g/mol. The van der Waals surface area contributed by atoms with E-state index in [2.05, 4.69) is 5.32 Å². The maximum atomic E-state index is 12.3. The minimum absolute atomic E-state index is 0.133. The summed E-state index contributed by atoms with van der Waals surface area (Å²) in [6.07, 6.45) is 0.142. The third-order valence-corrected chi connectivity index (χ3v) is 4.18. The van der Waals surface area contributed by atoms with Crippen LogP contribution in [0.1, 0.15) is 23.6 Å². The number of aryl methyl sites for hydroxylation is 2. The molecule has 0 bridgehead atoms. The van der Waals surface area contributed by atoms with Gasteiger partial charge in [-0.25, -0.2) is 0 Å². The van der Waals surface area contributed by atoms with Crippen molar-refractivity contribution in [1.82, 2.24) is 5.32 Å². The van der Waals surface area contributed by atoms with Crippen LogP contribution in [-0.4, -0.2) is 32.8 Å². The zero-order valence-electron chi connectivity index (χ0n) is 16.1. The third kappa shape index (κ3) is 5.15. The SMILES string of the molecule is COc1ccc(CCNC(=O)[C@@H](C)Oc2cc(C)ccc2C)cc1OC. The first-order valence-electron chi connectivity index (χ1n) is 8.67. The Morgan fingerprint density at radius 3 is 2.42 bits per heavy atom. The number of rotatable bonds is 8. The minimum atomic E-state index is -0.555. The Bertz CT molecular complexity index is 758. The molecule has 1 N–H and O–H groups in total. The van der Waals surface area contributed by atoms with Crippen LogP contribution in [0.4, 0.5) is 0 Å². The van der Waals surface area contributed by atoms with Gasteiger partial charge in [-0.3, -0.25) is 4.79 Å². The molecule has 1 atom stereocenters. The highest BCUT2D eigenvalue weighted by Gasteiger charge is 2.15. The fraction of sp³-hybridized carbons (Fsp3) is 0.381. The van der Waals surface area contributed by atoms with Gasteiger partial charge in [0.05, 0.1) is 14.2 Å². The smallest absolute Gasteiger partial charge is 0.260 e. The number of nitrogens with one attached hydrogen (secondary N) is 1. The molecule has 0 aliphatic rings.